The summed E-state index contributed by atoms with van der Waals surface area (Å²) in [5.41, 5.74) is 0. The average molecular weight is 178 g/mol. The number of carboxylic acid groups (broad SMARTS) is 1. The highest BCUT2D eigenvalue weighted by Gasteiger charge is 2.02. The first-order chi connectivity index (χ1) is 6.77. The molecule has 0 spiro atoms. The molecule has 0 saturated heterocycles. The van der Waals surface area contributed by atoms with Crippen molar-refractivity contribution >= 4 is 77.4 Å². The third-order valence-corrected chi connectivity index (χ3v) is 2.49. The van der Waals surface area contributed by atoms with E-state index in [0.717, 1.165) is 14.2 Å². The molecule has 0 amide bonds. The van der Waals surface area contributed by atoms with Crippen molar-refractivity contribution in [1.29, 1.82) is 0 Å². The summed E-state index contributed by atoms with van der Waals surface area (Å²) in [6, 6.07) is 0. The fourth-order valence-corrected chi connectivity index (χ4v) is 1.59. The third-order valence-electron chi connectivity index (χ3n) is 2.49. The quantitative estimate of drug-likeness (QED) is 0.267. The molecule has 14 heavy (non-hydrogen) atoms. The summed E-state index contributed by atoms with van der Waals surface area (Å²) in [4.78, 5) is 10.2. The zero-order valence-electron chi connectivity index (χ0n) is 9.43. The first-order valence-electron chi connectivity index (χ1n) is 5.99. The first kappa shape index (κ1) is 14.1. The second-order valence-corrected chi connectivity index (χ2v) is 3.97. The lowest BCUT2D eigenvalue weighted by Gasteiger charge is -1.92. The minimum atomic E-state index is -0.659. The van der Waals surface area contributed by atoms with E-state index < -0.39 is 5.97 Å². The minimum Gasteiger partial charge on any atom is -0.482 e. The predicted molar refractivity (Wildman–Crippen MR) is 85.3 cm³/mol. The lowest BCUT2D eigenvalue weighted by atomic mass is 8.89. The number of hydrogen-bond acceptors (Lipinski definition) is 1. The minimum absolute atomic E-state index is 0.343. The van der Waals surface area contributed by atoms with Gasteiger partial charge in [0.15, 0.2) is 0 Å². The Morgan fingerprint density at radius 1 is 1.00 bits per heavy atom. The van der Waals surface area contributed by atoms with Gasteiger partial charge >= 0.3 is 0 Å². The van der Waals surface area contributed by atoms with Gasteiger partial charge in [0, 0.05) is 62.8 Å². The molecule has 0 unspecified atom stereocenters. The summed E-state index contributed by atoms with van der Waals surface area (Å²) in [5, 5.41) is 8.41. The number of carboxylic acids is 1. The molecule has 2 nitrogen and oxygen atoms in total. The van der Waals surface area contributed by atoms with Crippen LogP contribution in [0, 0.1) is 0 Å². The van der Waals surface area contributed by atoms with Crippen molar-refractivity contribution in [2.24, 2.45) is 0 Å². The SMILES string of the molecule is BBBBBBBBBBCC(=O)O. The van der Waals surface area contributed by atoms with Gasteiger partial charge in [-0.2, -0.15) is 0 Å². The third kappa shape index (κ3) is 12.1. The first-order valence-corrected chi connectivity index (χ1v) is 5.99. The summed E-state index contributed by atoms with van der Waals surface area (Å²) < 4.78 is 0. The van der Waals surface area contributed by atoms with E-state index in [2.05, 4.69) is 7.74 Å². The predicted octanol–water partition coefficient (Wildman–Crippen LogP) is -6.71. The highest BCUT2D eigenvalue weighted by atomic mass is 16.4. The molecule has 0 aromatic carbocycles. The molecule has 0 atom stereocenters. The fraction of sp³-hybridized carbons (Fsp3) is 0.500. The van der Waals surface area contributed by atoms with Crippen molar-refractivity contribution in [3.63, 3.8) is 0 Å². The zero-order chi connectivity index (χ0) is 10.6. The summed E-state index contributed by atoms with van der Waals surface area (Å²) in [5.74, 6) is -0.659. The molecule has 0 aromatic heterocycles. The maximum atomic E-state index is 10.2. The second kappa shape index (κ2) is 11.2. The van der Waals surface area contributed by atoms with Crippen molar-refractivity contribution in [1.82, 2.24) is 0 Å². The lowest BCUT2D eigenvalue weighted by Crippen LogP contribution is -2.31. The topological polar surface area (TPSA) is 37.3 Å². The molecular weight excluding hydrogens is 164 g/mol. The molecule has 64 valence electrons. The smallest absolute Gasteiger partial charge is 0.294 e. The van der Waals surface area contributed by atoms with Crippen LogP contribution in [0.4, 0.5) is 0 Å². The highest BCUT2D eigenvalue weighted by molar-refractivity contribution is 7.68. The Bertz CT molecular complexity index is 140. The van der Waals surface area contributed by atoms with E-state index in [4.69, 9.17) is 5.11 Å². The molecular formula is C2H14B10O2. The number of carbonyl (C=O) groups is 1. The van der Waals surface area contributed by atoms with E-state index in [1.807, 2.05) is 0 Å². The van der Waals surface area contributed by atoms with Crippen LogP contribution in [0.3, 0.4) is 0 Å². The van der Waals surface area contributed by atoms with Crippen molar-refractivity contribution in [3.8, 4) is 0 Å². The van der Waals surface area contributed by atoms with Crippen LogP contribution in [-0.2, 0) is 4.79 Å². The molecule has 0 rings (SSSR count). The van der Waals surface area contributed by atoms with E-state index in [-0.39, 0.29) is 0 Å². The highest BCUT2D eigenvalue weighted by Crippen LogP contribution is 1.74. The molecule has 12 heteroatoms. The standard InChI is InChI=1S/C2H14B10O2/c3-5-7-9-11-12-10-8-6-4-1-2(13)14/h4-12H,1,3H2,(H,13,14). The Hall–Kier alpha value is 0.119. The number of hydrogen-bond donors (Lipinski definition) is 1. The lowest BCUT2D eigenvalue weighted by molar-refractivity contribution is -0.134. The Balaban J connectivity index is 2.88. The summed E-state index contributed by atoms with van der Waals surface area (Å²) in [7, 11) is 13.4. The van der Waals surface area contributed by atoms with Crippen LogP contribution in [0.25, 0.3) is 0 Å². The van der Waals surface area contributed by atoms with Gasteiger partial charge in [-0.1, -0.05) is 0 Å². The van der Waals surface area contributed by atoms with Gasteiger partial charge in [0.2, 0.25) is 0 Å². The maximum Gasteiger partial charge on any atom is 0.294 e. The molecule has 0 bridgehead atoms. The van der Waals surface area contributed by atoms with Gasteiger partial charge in [0.25, 0.3) is 5.97 Å². The molecule has 0 aliphatic rings. The number of aliphatic carboxylic acids is 1. The fourth-order valence-electron chi connectivity index (χ4n) is 1.59. The molecule has 0 radical (unpaired) electrons. The van der Waals surface area contributed by atoms with Gasteiger partial charge in [-0.15, -0.1) is 0 Å². The van der Waals surface area contributed by atoms with Gasteiger partial charge in [0.05, 0.1) is 14.9 Å². The Morgan fingerprint density at radius 3 is 2.00 bits per heavy atom. The summed E-state index contributed by atoms with van der Waals surface area (Å²) in [6.07, 6.45) is 0.343. The largest absolute Gasteiger partial charge is 0.482 e. The second-order valence-electron chi connectivity index (χ2n) is 3.97. The van der Waals surface area contributed by atoms with E-state index in [1.165, 1.54) is 49.4 Å². The maximum absolute atomic E-state index is 10.2. The van der Waals surface area contributed by atoms with Crippen molar-refractivity contribution < 1.29 is 9.90 Å². The van der Waals surface area contributed by atoms with E-state index in [0.29, 0.717) is 6.32 Å². The molecule has 0 saturated carbocycles. The normalized spacial score (nSPS) is 7.71. The van der Waals surface area contributed by atoms with Gasteiger partial charge < -0.3 is 5.11 Å². The Kier molecular flexibility index (Phi) is 11.3. The molecule has 0 fully saturated rings. The van der Waals surface area contributed by atoms with Gasteiger partial charge in [-0.05, 0) is 0 Å². The van der Waals surface area contributed by atoms with Crippen LogP contribution in [0.2, 0.25) is 6.32 Å². The summed E-state index contributed by atoms with van der Waals surface area (Å²) in [6.45, 7) is 0. The van der Waals surface area contributed by atoms with Gasteiger partial charge in [-0.25, -0.2) is 0 Å². The Morgan fingerprint density at radius 2 is 1.50 bits per heavy atom. The van der Waals surface area contributed by atoms with Crippen LogP contribution in [0.15, 0.2) is 0 Å². The van der Waals surface area contributed by atoms with Crippen LogP contribution in [-0.4, -0.2) is 82.5 Å². The average Bonchev–Trinajstić information content (AvgIpc) is 2.15. The molecule has 0 aliphatic heterocycles. The van der Waals surface area contributed by atoms with Crippen LogP contribution < -0.4 is 0 Å². The van der Waals surface area contributed by atoms with Crippen molar-refractivity contribution in [2.75, 3.05) is 0 Å². The Labute approximate surface area is 93.9 Å². The van der Waals surface area contributed by atoms with Crippen molar-refractivity contribution in [2.45, 2.75) is 6.32 Å². The molecule has 0 aliphatic carbocycles. The monoisotopic (exact) mass is 180 g/mol. The van der Waals surface area contributed by atoms with E-state index in [1.54, 1.807) is 0 Å². The van der Waals surface area contributed by atoms with Gasteiger partial charge in [0.1, 0.15) is 0 Å². The van der Waals surface area contributed by atoms with E-state index in [9.17, 15) is 4.79 Å². The van der Waals surface area contributed by atoms with Crippen molar-refractivity contribution in [3.05, 3.63) is 0 Å². The zero-order valence-corrected chi connectivity index (χ0v) is 9.43. The van der Waals surface area contributed by atoms with E-state index >= 15 is 0 Å². The van der Waals surface area contributed by atoms with Gasteiger partial charge in [-0.3, -0.25) is 4.79 Å². The molecule has 0 aromatic rings. The molecule has 1 N–H and O–H groups in total. The van der Waals surface area contributed by atoms with Crippen LogP contribution >= 0.6 is 0 Å². The number of rotatable bonds is 10. The summed E-state index contributed by atoms with van der Waals surface area (Å²) >= 11 is 0. The van der Waals surface area contributed by atoms with Crippen LogP contribution in [0.5, 0.6) is 0 Å². The molecule has 0 heterocycles. The van der Waals surface area contributed by atoms with Crippen LogP contribution in [0.1, 0.15) is 0 Å².